The average molecular weight is 205 g/mol. The van der Waals surface area contributed by atoms with Gasteiger partial charge >= 0.3 is 0 Å². The molecule has 0 amide bonds. The lowest BCUT2D eigenvalue weighted by atomic mass is 10.2. The highest BCUT2D eigenvalue weighted by atomic mass is 16.3. The van der Waals surface area contributed by atoms with Crippen molar-refractivity contribution in [3.8, 4) is 6.07 Å². The summed E-state index contributed by atoms with van der Waals surface area (Å²) in [5.41, 5.74) is 1.34. The zero-order valence-corrected chi connectivity index (χ0v) is 9.01. The fourth-order valence-corrected chi connectivity index (χ4v) is 1.23. The SMILES string of the molecule is CC(CO)N(C)Cc1cccnc1C#N. The van der Waals surface area contributed by atoms with Crippen LogP contribution in [0.25, 0.3) is 0 Å². The van der Waals surface area contributed by atoms with E-state index in [9.17, 15) is 0 Å². The van der Waals surface area contributed by atoms with Crippen LogP contribution in [-0.4, -0.2) is 34.7 Å². The van der Waals surface area contributed by atoms with E-state index in [1.165, 1.54) is 0 Å². The second kappa shape index (κ2) is 5.44. The molecule has 0 aliphatic rings. The number of rotatable bonds is 4. The Labute approximate surface area is 89.8 Å². The van der Waals surface area contributed by atoms with Crippen LogP contribution in [0.5, 0.6) is 0 Å². The molecule has 15 heavy (non-hydrogen) atoms. The molecule has 0 fully saturated rings. The fourth-order valence-electron chi connectivity index (χ4n) is 1.23. The maximum atomic E-state index is 8.99. The van der Waals surface area contributed by atoms with Gasteiger partial charge in [-0.15, -0.1) is 0 Å². The molecule has 0 saturated carbocycles. The summed E-state index contributed by atoms with van der Waals surface area (Å²) in [6.45, 7) is 2.67. The number of hydrogen-bond donors (Lipinski definition) is 1. The predicted molar refractivity (Wildman–Crippen MR) is 57.0 cm³/mol. The summed E-state index contributed by atoms with van der Waals surface area (Å²) in [5, 5.41) is 17.8. The first-order valence-corrected chi connectivity index (χ1v) is 4.84. The van der Waals surface area contributed by atoms with E-state index < -0.39 is 0 Å². The molecule has 0 aliphatic carbocycles. The molecule has 0 spiro atoms. The van der Waals surface area contributed by atoms with Crippen LogP contribution in [-0.2, 0) is 6.54 Å². The van der Waals surface area contributed by atoms with E-state index in [1.54, 1.807) is 6.20 Å². The van der Waals surface area contributed by atoms with E-state index in [1.807, 2.05) is 31.0 Å². The molecule has 1 rings (SSSR count). The first kappa shape index (κ1) is 11.6. The molecule has 1 aromatic heterocycles. The van der Waals surface area contributed by atoms with Gasteiger partial charge in [-0.25, -0.2) is 4.98 Å². The monoisotopic (exact) mass is 205 g/mol. The third-order valence-electron chi connectivity index (χ3n) is 2.43. The molecular formula is C11H15N3O. The molecule has 4 nitrogen and oxygen atoms in total. The minimum atomic E-state index is 0.0803. The highest BCUT2D eigenvalue weighted by Crippen LogP contribution is 2.08. The van der Waals surface area contributed by atoms with E-state index in [-0.39, 0.29) is 12.6 Å². The van der Waals surface area contributed by atoms with Crippen molar-refractivity contribution < 1.29 is 5.11 Å². The van der Waals surface area contributed by atoms with Crippen molar-refractivity contribution in [3.05, 3.63) is 29.6 Å². The summed E-state index contributed by atoms with van der Waals surface area (Å²) in [6, 6.07) is 5.83. The van der Waals surface area contributed by atoms with Crippen molar-refractivity contribution >= 4 is 0 Å². The molecule has 80 valence electrons. The van der Waals surface area contributed by atoms with Gasteiger partial charge in [0.25, 0.3) is 0 Å². The Balaban J connectivity index is 2.77. The maximum Gasteiger partial charge on any atom is 0.144 e. The third kappa shape index (κ3) is 3.01. The third-order valence-corrected chi connectivity index (χ3v) is 2.43. The van der Waals surface area contributed by atoms with Gasteiger partial charge in [0.1, 0.15) is 11.8 Å². The van der Waals surface area contributed by atoms with Crippen molar-refractivity contribution in [1.82, 2.24) is 9.88 Å². The molecule has 0 aromatic carbocycles. The van der Waals surface area contributed by atoms with E-state index in [2.05, 4.69) is 11.1 Å². The number of nitriles is 1. The second-order valence-corrected chi connectivity index (χ2v) is 3.57. The van der Waals surface area contributed by atoms with Gasteiger partial charge in [0.05, 0.1) is 6.61 Å². The molecule has 1 heterocycles. The summed E-state index contributed by atoms with van der Waals surface area (Å²) < 4.78 is 0. The Morgan fingerprint density at radius 2 is 2.40 bits per heavy atom. The van der Waals surface area contributed by atoms with Gasteiger partial charge in [0, 0.05) is 24.3 Å². The Kier molecular flexibility index (Phi) is 4.22. The number of likely N-dealkylation sites (N-methyl/N-ethyl adjacent to an activating group) is 1. The molecule has 0 aliphatic heterocycles. The molecule has 1 unspecified atom stereocenters. The Hall–Kier alpha value is -1.44. The molecule has 1 atom stereocenters. The van der Waals surface area contributed by atoms with E-state index in [4.69, 9.17) is 10.4 Å². The Morgan fingerprint density at radius 3 is 3.00 bits per heavy atom. The number of nitrogens with zero attached hydrogens (tertiary/aromatic N) is 3. The Bertz CT molecular complexity index is 359. The minimum absolute atomic E-state index is 0.0803. The fraction of sp³-hybridized carbons (Fsp3) is 0.455. The number of pyridine rings is 1. The van der Waals surface area contributed by atoms with Crippen LogP contribution in [0.4, 0.5) is 0 Å². The van der Waals surface area contributed by atoms with E-state index in [0.29, 0.717) is 12.2 Å². The minimum Gasteiger partial charge on any atom is -0.395 e. The second-order valence-electron chi connectivity index (χ2n) is 3.57. The quantitative estimate of drug-likeness (QED) is 0.788. The number of aliphatic hydroxyl groups is 1. The zero-order chi connectivity index (χ0) is 11.3. The molecule has 0 saturated heterocycles. The summed E-state index contributed by atoms with van der Waals surface area (Å²) in [6.07, 6.45) is 1.61. The van der Waals surface area contributed by atoms with Crippen LogP contribution in [0.1, 0.15) is 18.2 Å². The topological polar surface area (TPSA) is 60.1 Å². The van der Waals surface area contributed by atoms with Gasteiger partial charge in [0.2, 0.25) is 0 Å². The largest absolute Gasteiger partial charge is 0.395 e. The average Bonchev–Trinajstić information content (AvgIpc) is 2.28. The van der Waals surface area contributed by atoms with Crippen molar-refractivity contribution in [2.75, 3.05) is 13.7 Å². The molecule has 1 aromatic rings. The van der Waals surface area contributed by atoms with Crippen LogP contribution in [0, 0.1) is 11.3 Å². The molecule has 0 radical (unpaired) electrons. The number of hydrogen-bond acceptors (Lipinski definition) is 4. The smallest absolute Gasteiger partial charge is 0.144 e. The highest BCUT2D eigenvalue weighted by Gasteiger charge is 2.10. The first-order chi connectivity index (χ1) is 7.19. The normalized spacial score (nSPS) is 12.5. The number of aliphatic hydroxyl groups excluding tert-OH is 1. The van der Waals surface area contributed by atoms with Crippen LogP contribution < -0.4 is 0 Å². The highest BCUT2D eigenvalue weighted by molar-refractivity contribution is 5.30. The number of aromatic nitrogens is 1. The predicted octanol–water partition coefficient (Wildman–Crippen LogP) is 0.766. The van der Waals surface area contributed by atoms with Gasteiger partial charge in [-0.1, -0.05) is 6.07 Å². The van der Waals surface area contributed by atoms with Gasteiger partial charge in [-0.3, -0.25) is 4.90 Å². The van der Waals surface area contributed by atoms with Crippen molar-refractivity contribution in [2.24, 2.45) is 0 Å². The van der Waals surface area contributed by atoms with Gasteiger partial charge in [-0.05, 0) is 20.0 Å². The van der Waals surface area contributed by atoms with E-state index >= 15 is 0 Å². The van der Waals surface area contributed by atoms with Crippen LogP contribution >= 0.6 is 0 Å². The summed E-state index contributed by atoms with van der Waals surface area (Å²) in [7, 11) is 1.91. The molecule has 0 bridgehead atoms. The molecule has 1 N–H and O–H groups in total. The first-order valence-electron chi connectivity index (χ1n) is 4.84. The summed E-state index contributed by atoms with van der Waals surface area (Å²) in [5.74, 6) is 0. The molecular weight excluding hydrogens is 190 g/mol. The van der Waals surface area contributed by atoms with Gasteiger partial charge in [-0.2, -0.15) is 5.26 Å². The van der Waals surface area contributed by atoms with Crippen molar-refractivity contribution in [3.63, 3.8) is 0 Å². The standard InChI is InChI=1S/C11H15N3O/c1-9(8-15)14(2)7-10-4-3-5-13-11(10)6-12/h3-5,9,15H,7-8H2,1-2H3. The van der Waals surface area contributed by atoms with Crippen molar-refractivity contribution in [2.45, 2.75) is 19.5 Å². The van der Waals surface area contributed by atoms with Crippen LogP contribution in [0.2, 0.25) is 0 Å². The lowest BCUT2D eigenvalue weighted by Crippen LogP contribution is -2.31. The lowest BCUT2D eigenvalue weighted by Gasteiger charge is -2.22. The van der Waals surface area contributed by atoms with Crippen molar-refractivity contribution in [1.29, 1.82) is 5.26 Å². The van der Waals surface area contributed by atoms with Crippen LogP contribution in [0.3, 0.4) is 0 Å². The Morgan fingerprint density at radius 1 is 1.67 bits per heavy atom. The molecule has 4 heteroatoms. The van der Waals surface area contributed by atoms with Crippen LogP contribution in [0.15, 0.2) is 18.3 Å². The lowest BCUT2D eigenvalue weighted by molar-refractivity contribution is 0.154. The zero-order valence-electron chi connectivity index (χ0n) is 9.01. The maximum absolute atomic E-state index is 8.99. The summed E-state index contributed by atoms with van der Waals surface area (Å²) in [4.78, 5) is 5.97. The van der Waals surface area contributed by atoms with Gasteiger partial charge < -0.3 is 5.11 Å². The van der Waals surface area contributed by atoms with E-state index in [0.717, 1.165) is 5.56 Å². The summed E-state index contributed by atoms with van der Waals surface area (Å²) >= 11 is 0. The van der Waals surface area contributed by atoms with Gasteiger partial charge in [0.15, 0.2) is 0 Å².